The Morgan fingerprint density at radius 1 is 0.931 bits per heavy atom. The van der Waals surface area contributed by atoms with Gasteiger partial charge in [0, 0.05) is 50.2 Å². The fourth-order valence-electron chi connectivity index (χ4n) is 13.4. The maximum Gasteiger partial charge on any atom is 0.340 e. The van der Waals surface area contributed by atoms with Crippen LogP contribution in [0.2, 0.25) is 0 Å². The number of carbonyl (C=O) groups excluding carboxylic acids is 4. The van der Waals surface area contributed by atoms with E-state index in [0.717, 1.165) is 27.2 Å². The molecule has 328 valence electrons. The molecule has 7 aliphatic rings. The minimum Gasteiger partial charge on any atom is -0.458 e. The molecule has 0 aromatic heterocycles. The van der Waals surface area contributed by atoms with E-state index >= 15 is 0 Å². The SMILES string of the molecule is CC[C@H](C)C(=O)O[C@@H]1[C@H](O)[C@@H]2[C@H](CN3C[C@H](C)CC[C@@H]3[C@]2(C)O)[C@@H]2C[C@@]34OC[C@@]5(O)[C@H](OC(=O)[C@](C)(O)[C@H](C)O)CC[C@@]3(C)[C@H]5[C@H](OC(C)=O)[C@H](OC(C)=O)[C@H]4[C@]12O. The van der Waals surface area contributed by atoms with Crippen molar-refractivity contribution in [3.8, 4) is 0 Å². The zero-order chi connectivity index (χ0) is 42.9. The average molecular weight is 824 g/mol. The van der Waals surface area contributed by atoms with E-state index in [-0.39, 0.29) is 25.3 Å². The molecule has 1 spiro atoms. The van der Waals surface area contributed by atoms with Gasteiger partial charge in [-0.2, -0.15) is 0 Å². The highest BCUT2D eigenvalue weighted by atomic mass is 16.6. The number of aliphatic hydroxyl groups is 6. The van der Waals surface area contributed by atoms with Crippen molar-refractivity contribution in [3.05, 3.63) is 0 Å². The molecular weight excluding hydrogens is 758 g/mol. The van der Waals surface area contributed by atoms with Crippen molar-refractivity contribution in [2.24, 2.45) is 46.8 Å². The number of piperidine rings is 2. The molecule has 0 aromatic rings. The summed E-state index contributed by atoms with van der Waals surface area (Å²) in [5.74, 6) is -8.53. The van der Waals surface area contributed by atoms with Crippen LogP contribution in [0.4, 0.5) is 0 Å². The first-order chi connectivity index (χ1) is 26.8. The number of hydrogen-bond acceptors (Lipinski definition) is 16. The van der Waals surface area contributed by atoms with Crippen molar-refractivity contribution >= 4 is 23.9 Å². The highest BCUT2D eigenvalue weighted by Crippen LogP contribution is 2.75. The van der Waals surface area contributed by atoms with E-state index in [4.69, 9.17) is 23.7 Å². The monoisotopic (exact) mass is 823 g/mol. The third-order valence-corrected chi connectivity index (χ3v) is 16.5. The van der Waals surface area contributed by atoms with Gasteiger partial charge in [0.1, 0.15) is 29.5 Å². The molecule has 3 saturated heterocycles. The summed E-state index contributed by atoms with van der Waals surface area (Å²) < 4.78 is 31.2. The third-order valence-electron chi connectivity index (χ3n) is 16.5. The summed E-state index contributed by atoms with van der Waals surface area (Å²) in [6, 6.07) is -0.309. The van der Waals surface area contributed by atoms with Gasteiger partial charge in [-0.3, -0.25) is 19.3 Å². The van der Waals surface area contributed by atoms with Crippen molar-refractivity contribution in [1.29, 1.82) is 0 Å². The van der Waals surface area contributed by atoms with Crippen LogP contribution in [0, 0.1) is 46.8 Å². The van der Waals surface area contributed by atoms with E-state index in [1.165, 1.54) is 6.92 Å². The summed E-state index contributed by atoms with van der Waals surface area (Å²) in [7, 11) is 0. The topological polar surface area (TPSA) is 239 Å². The van der Waals surface area contributed by atoms with Crippen molar-refractivity contribution in [2.75, 3.05) is 19.7 Å². The van der Waals surface area contributed by atoms with Crippen molar-refractivity contribution < 1.29 is 73.5 Å². The molecule has 6 N–H and O–H groups in total. The molecule has 58 heavy (non-hydrogen) atoms. The van der Waals surface area contributed by atoms with Gasteiger partial charge in [0.05, 0.1) is 41.9 Å². The lowest BCUT2D eigenvalue weighted by atomic mass is 9.42. The molecule has 0 radical (unpaired) electrons. The molecule has 3 aliphatic heterocycles. The predicted octanol–water partition coefficient (Wildman–Crippen LogP) is 0.621. The van der Waals surface area contributed by atoms with E-state index in [2.05, 4.69) is 11.8 Å². The van der Waals surface area contributed by atoms with E-state index in [1.54, 1.807) is 13.8 Å². The van der Waals surface area contributed by atoms with Crippen LogP contribution < -0.4 is 0 Å². The number of esters is 4. The molecule has 3 heterocycles. The van der Waals surface area contributed by atoms with E-state index in [9.17, 15) is 49.8 Å². The molecule has 20 atom stereocenters. The van der Waals surface area contributed by atoms with Gasteiger partial charge in [-0.1, -0.05) is 27.7 Å². The van der Waals surface area contributed by atoms with Crippen LogP contribution in [0.1, 0.15) is 101 Å². The van der Waals surface area contributed by atoms with Gasteiger partial charge >= 0.3 is 23.9 Å². The second kappa shape index (κ2) is 14.3. The zero-order valence-corrected chi connectivity index (χ0v) is 35.3. The van der Waals surface area contributed by atoms with Crippen LogP contribution in [-0.4, -0.2) is 150 Å². The number of rotatable bonds is 8. The van der Waals surface area contributed by atoms with Gasteiger partial charge in [-0.25, -0.2) is 4.79 Å². The Bertz CT molecular complexity index is 1670. The lowest BCUT2D eigenvalue weighted by molar-refractivity contribution is -0.387. The summed E-state index contributed by atoms with van der Waals surface area (Å²) in [5, 5.41) is 73.1. The maximum absolute atomic E-state index is 13.9. The van der Waals surface area contributed by atoms with Gasteiger partial charge < -0.3 is 54.3 Å². The summed E-state index contributed by atoms with van der Waals surface area (Å²) in [6.45, 7) is 14.4. The minimum atomic E-state index is -2.34. The van der Waals surface area contributed by atoms with Gasteiger partial charge in [-0.15, -0.1) is 0 Å². The Hall–Kier alpha value is -2.44. The fourth-order valence-corrected chi connectivity index (χ4v) is 13.4. The van der Waals surface area contributed by atoms with Crippen LogP contribution in [-0.2, 0) is 42.9 Å². The standard InChI is InChI=1S/C42H65NO15/c1-10-20(3)35(48)58-34-29(47)28-24(17-43-16-19(2)11-12-26(43)39(28,9)51)25-15-41-33(42(25,34)53)31(56-23(6)46)30(55-22(5)45)32-37(41,7)14-13-27(40(32,52)18-54-41)57-36(49)38(8,50)21(4)44/h19-21,24-34,44,47,50-53H,10-18H2,1-9H3/t19-,20+,21+,24-,25+,26-,27-,28+,29-,30-,31+,32-,33-,34-,37+,38-,39+,40-,41+,42+/m1/s1. The first kappa shape index (κ1) is 43.6. The van der Waals surface area contributed by atoms with Crippen molar-refractivity contribution in [3.63, 3.8) is 0 Å². The van der Waals surface area contributed by atoms with Crippen LogP contribution in [0.3, 0.4) is 0 Å². The number of nitrogens with zero attached hydrogens (tertiary/aromatic N) is 1. The first-order valence-electron chi connectivity index (χ1n) is 21.2. The van der Waals surface area contributed by atoms with Crippen molar-refractivity contribution in [2.45, 2.75) is 172 Å². The normalized spacial score (nSPS) is 50.0. The Labute approximate surface area is 339 Å². The van der Waals surface area contributed by atoms with E-state index in [1.807, 2.05) is 13.8 Å². The van der Waals surface area contributed by atoms with Crippen LogP contribution >= 0.6 is 0 Å². The molecule has 16 heteroatoms. The average Bonchev–Trinajstić information content (AvgIpc) is 3.40. The number of ether oxygens (including phenoxy) is 5. The van der Waals surface area contributed by atoms with E-state index in [0.29, 0.717) is 31.8 Å². The molecule has 16 nitrogen and oxygen atoms in total. The molecule has 7 fully saturated rings. The van der Waals surface area contributed by atoms with Crippen LogP contribution in [0.15, 0.2) is 0 Å². The molecule has 0 amide bonds. The summed E-state index contributed by atoms with van der Waals surface area (Å²) in [6.07, 6.45) is -6.93. The largest absolute Gasteiger partial charge is 0.458 e. The van der Waals surface area contributed by atoms with E-state index < -0.39 is 136 Å². The van der Waals surface area contributed by atoms with Gasteiger partial charge in [0.15, 0.2) is 11.7 Å². The highest BCUT2D eigenvalue weighted by molar-refractivity contribution is 5.79. The minimum absolute atomic E-state index is 0.0280. The summed E-state index contributed by atoms with van der Waals surface area (Å²) >= 11 is 0. The first-order valence-corrected chi connectivity index (χ1v) is 21.2. The predicted molar refractivity (Wildman–Crippen MR) is 201 cm³/mol. The fraction of sp³-hybridized carbons (Fsp3) is 0.905. The number of fused-ring (bicyclic) bond motifs is 5. The van der Waals surface area contributed by atoms with Gasteiger partial charge in [0.2, 0.25) is 0 Å². The summed E-state index contributed by atoms with van der Waals surface area (Å²) in [5.41, 5.74) is -10.9. The third kappa shape index (κ3) is 5.96. The molecule has 4 aliphatic carbocycles. The molecule has 0 aromatic carbocycles. The Morgan fingerprint density at radius 2 is 1.55 bits per heavy atom. The smallest absolute Gasteiger partial charge is 0.340 e. The number of carbonyl (C=O) groups is 4. The molecule has 0 unspecified atom stereocenters. The maximum atomic E-state index is 13.9. The zero-order valence-electron chi connectivity index (χ0n) is 35.3. The Morgan fingerprint density at radius 3 is 2.14 bits per heavy atom. The second-order valence-electron chi connectivity index (χ2n) is 19.9. The molecule has 7 rings (SSSR count). The lowest BCUT2D eigenvalue weighted by Crippen LogP contribution is -2.84. The van der Waals surface area contributed by atoms with Crippen molar-refractivity contribution in [1.82, 2.24) is 4.90 Å². The van der Waals surface area contributed by atoms with Crippen LogP contribution in [0.5, 0.6) is 0 Å². The quantitative estimate of drug-likeness (QED) is 0.145. The molecule has 4 saturated carbocycles. The molecule has 4 bridgehead atoms. The second-order valence-corrected chi connectivity index (χ2v) is 19.9. The Balaban J connectivity index is 1.43. The highest BCUT2D eigenvalue weighted by Gasteiger charge is 2.87. The summed E-state index contributed by atoms with van der Waals surface area (Å²) in [4.78, 5) is 55.8. The lowest BCUT2D eigenvalue weighted by Gasteiger charge is -2.71. The Kier molecular flexibility index (Phi) is 10.8. The van der Waals surface area contributed by atoms with Crippen LogP contribution in [0.25, 0.3) is 0 Å². The van der Waals surface area contributed by atoms with Gasteiger partial charge in [0.25, 0.3) is 0 Å². The van der Waals surface area contributed by atoms with Gasteiger partial charge in [-0.05, 0) is 77.0 Å². The number of aliphatic hydroxyl groups excluding tert-OH is 2. The molecular formula is C42H65NO15. The number of hydrogen-bond donors (Lipinski definition) is 6.